The van der Waals surface area contributed by atoms with E-state index in [1.807, 2.05) is 17.0 Å². The van der Waals surface area contributed by atoms with Gasteiger partial charge in [-0.15, -0.1) is 17.5 Å². The molecule has 1 aromatic rings. The monoisotopic (exact) mass is 311 g/mol. The maximum atomic E-state index is 12.4. The van der Waals surface area contributed by atoms with Gasteiger partial charge in [-0.2, -0.15) is 5.10 Å². The molecule has 21 heavy (non-hydrogen) atoms. The number of hydrogen-bond acceptors (Lipinski definition) is 5. The average molecular weight is 312 g/mol. The smallest absolute Gasteiger partial charge is 0.239 e. The lowest BCUT2D eigenvalue weighted by Crippen LogP contribution is -2.45. The van der Waals surface area contributed by atoms with Crippen LogP contribution in [0.3, 0.4) is 0 Å². The summed E-state index contributed by atoms with van der Waals surface area (Å²) in [5.41, 5.74) is 0. The molecule has 3 heterocycles. The summed E-state index contributed by atoms with van der Waals surface area (Å²) in [7, 11) is 0. The van der Waals surface area contributed by atoms with Gasteiger partial charge in [-0.25, -0.2) is 0 Å². The number of carbonyl (C=O) groups is 1. The van der Waals surface area contributed by atoms with Gasteiger partial charge in [0.1, 0.15) is 0 Å². The molecule has 2 saturated heterocycles. The Bertz CT molecular complexity index is 452. The number of carbonyl (C=O) groups excluding carboxylic acids is 1. The van der Waals surface area contributed by atoms with Gasteiger partial charge in [0.25, 0.3) is 0 Å². The highest BCUT2D eigenvalue weighted by atomic mass is 35.5. The van der Waals surface area contributed by atoms with Gasteiger partial charge < -0.3 is 15.1 Å². The number of aromatic nitrogens is 2. The number of rotatable bonds is 2. The fraction of sp³-hybridized carbons (Fsp3) is 0.643. The van der Waals surface area contributed by atoms with Gasteiger partial charge in [-0.1, -0.05) is 0 Å². The molecule has 2 aliphatic heterocycles. The summed E-state index contributed by atoms with van der Waals surface area (Å²) in [5, 5.41) is 11.4. The molecule has 0 radical (unpaired) electrons. The predicted molar refractivity (Wildman–Crippen MR) is 83.7 cm³/mol. The fourth-order valence-corrected chi connectivity index (χ4v) is 2.94. The lowest BCUT2D eigenvalue weighted by Gasteiger charge is -2.24. The van der Waals surface area contributed by atoms with E-state index >= 15 is 0 Å². The van der Waals surface area contributed by atoms with Crippen LogP contribution in [0.15, 0.2) is 18.3 Å². The largest absolute Gasteiger partial charge is 0.353 e. The van der Waals surface area contributed by atoms with Crippen molar-refractivity contribution in [1.29, 1.82) is 0 Å². The number of nitrogens with one attached hydrogen (secondary N) is 1. The SMILES string of the molecule is Cl.O=C(C1CCCN1)N1CCCN(c2cccnn2)CC1. The number of amides is 1. The van der Waals surface area contributed by atoms with E-state index in [2.05, 4.69) is 20.4 Å². The van der Waals surface area contributed by atoms with Gasteiger partial charge >= 0.3 is 0 Å². The minimum atomic E-state index is 0. The Hall–Kier alpha value is -1.40. The molecule has 3 rings (SSSR count). The molecule has 0 aromatic carbocycles. The van der Waals surface area contributed by atoms with Crippen molar-refractivity contribution in [3.05, 3.63) is 18.3 Å². The Kier molecular flexibility index (Phi) is 5.76. The Balaban J connectivity index is 0.00000161. The third kappa shape index (κ3) is 3.83. The number of nitrogens with zero attached hydrogens (tertiary/aromatic N) is 4. The summed E-state index contributed by atoms with van der Waals surface area (Å²) >= 11 is 0. The van der Waals surface area contributed by atoms with Crippen molar-refractivity contribution in [2.24, 2.45) is 0 Å². The summed E-state index contributed by atoms with van der Waals surface area (Å²) < 4.78 is 0. The van der Waals surface area contributed by atoms with Crippen LogP contribution in [0.4, 0.5) is 5.82 Å². The standard InChI is InChI=1S/C14H21N5O.ClH/c20-14(12-4-1-6-15-12)19-9-3-8-18(10-11-19)13-5-2-7-16-17-13;/h2,5,7,12,15H,1,3-4,6,8-11H2;1H. The topological polar surface area (TPSA) is 61.4 Å². The molecule has 1 amide bonds. The molecule has 1 atom stereocenters. The zero-order valence-electron chi connectivity index (χ0n) is 12.1. The molecule has 1 N–H and O–H groups in total. The van der Waals surface area contributed by atoms with Crippen molar-refractivity contribution in [2.75, 3.05) is 37.6 Å². The number of hydrogen-bond donors (Lipinski definition) is 1. The molecule has 0 saturated carbocycles. The highest BCUT2D eigenvalue weighted by Crippen LogP contribution is 2.14. The zero-order chi connectivity index (χ0) is 13.8. The first-order chi connectivity index (χ1) is 9.84. The number of anilines is 1. The van der Waals surface area contributed by atoms with Gasteiger partial charge in [0.05, 0.1) is 6.04 Å². The van der Waals surface area contributed by atoms with Gasteiger partial charge in [-0.05, 0) is 37.9 Å². The summed E-state index contributed by atoms with van der Waals surface area (Å²) in [6.07, 6.45) is 4.75. The second-order valence-corrected chi connectivity index (χ2v) is 5.40. The first kappa shape index (κ1) is 16.0. The minimum Gasteiger partial charge on any atom is -0.353 e. The van der Waals surface area contributed by atoms with E-state index in [1.165, 1.54) is 0 Å². The summed E-state index contributed by atoms with van der Waals surface area (Å²) in [6, 6.07) is 3.92. The molecule has 116 valence electrons. The third-order valence-corrected chi connectivity index (χ3v) is 4.05. The van der Waals surface area contributed by atoms with Crippen LogP contribution >= 0.6 is 12.4 Å². The van der Waals surface area contributed by atoms with E-state index in [9.17, 15) is 4.79 Å². The van der Waals surface area contributed by atoms with Gasteiger partial charge in [0.2, 0.25) is 5.91 Å². The van der Waals surface area contributed by atoms with Gasteiger partial charge in [0, 0.05) is 32.4 Å². The minimum absolute atomic E-state index is 0. The lowest BCUT2D eigenvalue weighted by atomic mass is 10.2. The van der Waals surface area contributed by atoms with Crippen LogP contribution in [0.25, 0.3) is 0 Å². The van der Waals surface area contributed by atoms with E-state index in [0.717, 1.165) is 57.8 Å². The van der Waals surface area contributed by atoms with E-state index in [4.69, 9.17) is 0 Å². The van der Waals surface area contributed by atoms with Crippen LogP contribution < -0.4 is 10.2 Å². The quantitative estimate of drug-likeness (QED) is 0.871. The van der Waals surface area contributed by atoms with Crippen molar-refractivity contribution in [3.63, 3.8) is 0 Å². The fourth-order valence-electron chi connectivity index (χ4n) is 2.94. The van der Waals surface area contributed by atoms with E-state index in [1.54, 1.807) is 6.20 Å². The highest BCUT2D eigenvalue weighted by molar-refractivity contribution is 5.85. The molecule has 1 aromatic heterocycles. The van der Waals surface area contributed by atoms with Crippen molar-refractivity contribution in [3.8, 4) is 0 Å². The van der Waals surface area contributed by atoms with Crippen LogP contribution in [-0.2, 0) is 4.79 Å². The molecule has 2 aliphatic rings. The Labute approximate surface area is 131 Å². The highest BCUT2D eigenvalue weighted by Gasteiger charge is 2.28. The van der Waals surface area contributed by atoms with Crippen molar-refractivity contribution in [2.45, 2.75) is 25.3 Å². The lowest BCUT2D eigenvalue weighted by molar-refractivity contribution is -0.132. The first-order valence-corrected chi connectivity index (χ1v) is 7.39. The average Bonchev–Trinajstić information content (AvgIpc) is 2.92. The molecule has 6 nitrogen and oxygen atoms in total. The zero-order valence-corrected chi connectivity index (χ0v) is 12.9. The molecule has 0 aliphatic carbocycles. The maximum absolute atomic E-state index is 12.4. The van der Waals surface area contributed by atoms with Crippen LogP contribution in [0.1, 0.15) is 19.3 Å². The van der Waals surface area contributed by atoms with Crippen molar-refractivity contribution < 1.29 is 4.79 Å². The second kappa shape index (κ2) is 7.56. The molecule has 2 fully saturated rings. The summed E-state index contributed by atoms with van der Waals surface area (Å²) in [4.78, 5) is 16.6. The maximum Gasteiger partial charge on any atom is 0.239 e. The normalized spacial score (nSPS) is 22.6. The van der Waals surface area contributed by atoms with Crippen LogP contribution in [0.5, 0.6) is 0 Å². The van der Waals surface area contributed by atoms with Crippen molar-refractivity contribution >= 4 is 24.1 Å². The molecular weight excluding hydrogens is 290 g/mol. The molecule has 1 unspecified atom stereocenters. The van der Waals surface area contributed by atoms with Crippen molar-refractivity contribution in [1.82, 2.24) is 20.4 Å². The first-order valence-electron chi connectivity index (χ1n) is 7.39. The summed E-state index contributed by atoms with van der Waals surface area (Å²) in [5.74, 6) is 1.17. The van der Waals surface area contributed by atoms with Gasteiger partial charge in [-0.3, -0.25) is 4.79 Å². The summed E-state index contributed by atoms with van der Waals surface area (Å²) in [6.45, 7) is 4.34. The molecule has 7 heteroatoms. The Morgan fingerprint density at radius 2 is 2.14 bits per heavy atom. The van der Waals surface area contributed by atoms with Crippen LogP contribution in [-0.4, -0.2) is 59.8 Å². The molecular formula is C14H22ClN5O. The van der Waals surface area contributed by atoms with Crippen LogP contribution in [0, 0.1) is 0 Å². The number of halogens is 1. The Morgan fingerprint density at radius 1 is 1.24 bits per heavy atom. The molecule has 0 spiro atoms. The third-order valence-electron chi connectivity index (χ3n) is 4.05. The van der Waals surface area contributed by atoms with E-state index in [0.29, 0.717) is 0 Å². The van der Waals surface area contributed by atoms with Gasteiger partial charge in [0.15, 0.2) is 5.82 Å². The molecule has 0 bridgehead atoms. The predicted octanol–water partition coefficient (Wildman–Crippen LogP) is 0.689. The van der Waals surface area contributed by atoms with Crippen LogP contribution in [0.2, 0.25) is 0 Å². The second-order valence-electron chi connectivity index (χ2n) is 5.40. The van der Waals surface area contributed by atoms with E-state index < -0.39 is 0 Å². The Morgan fingerprint density at radius 3 is 2.86 bits per heavy atom. The van der Waals surface area contributed by atoms with E-state index in [-0.39, 0.29) is 24.4 Å².